The van der Waals surface area contributed by atoms with Crippen molar-refractivity contribution in [3.05, 3.63) is 51.7 Å². The lowest BCUT2D eigenvalue weighted by atomic mass is 9.99. The number of halogens is 6. The van der Waals surface area contributed by atoms with E-state index >= 15 is 0 Å². The number of nitrogens with one attached hydrogen (secondary N) is 2. The monoisotopic (exact) mass is 520 g/mol. The normalized spacial score (nSPS) is 15.6. The van der Waals surface area contributed by atoms with Gasteiger partial charge in [-0.15, -0.1) is 10.2 Å². The van der Waals surface area contributed by atoms with E-state index in [1.54, 1.807) is 16.9 Å². The highest BCUT2D eigenvalue weighted by Gasteiger charge is 2.38. The summed E-state index contributed by atoms with van der Waals surface area (Å²) < 4.78 is 87.7. The number of aromatic nitrogens is 6. The third-order valence-corrected chi connectivity index (χ3v) is 5.13. The maximum absolute atomic E-state index is 13.1. The van der Waals surface area contributed by atoms with Gasteiger partial charge in [-0.3, -0.25) is 4.79 Å². The minimum atomic E-state index is -4.87. The van der Waals surface area contributed by atoms with Crippen molar-refractivity contribution in [2.45, 2.75) is 37.8 Å². The summed E-state index contributed by atoms with van der Waals surface area (Å²) in [5.41, 5.74) is -4.30. The van der Waals surface area contributed by atoms with Crippen LogP contribution in [0.15, 0.2) is 27.6 Å². The molecule has 0 aliphatic carbocycles. The lowest BCUT2D eigenvalue weighted by Crippen LogP contribution is -2.46. The SMILES string of the molecule is CC(COCc1nc(C2CN(c3ccc(C(F)(F)F)nn3)C2)no1)Nc1cn[nH]c(=O)c1C(F)(F)F. The van der Waals surface area contributed by atoms with Gasteiger partial charge in [0, 0.05) is 19.1 Å². The van der Waals surface area contributed by atoms with Crippen LogP contribution in [0.1, 0.15) is 35.8 Å². The van der Waals surface area contributed by atoms with E-state index in [0.29, 0.717) is 18.9 Å². The Morgan fingerprint density at radius 3 is 2.58 bits per heavy atom. The molecule has 1 atom stereocenters. The second kappa shape index (κ2) is 9.71. The number of nitrogens with zero attached hydrogens (tertiary/aromatic N) is 6. The van der Waals surface area contributed by atoms with Gasteiger partial charge in [0.05, 0.1) is 24.4 Å². The van der Waals surface area contributed by atoms with Crippen LogP contribution in [0.4, 0.5) is 37.8 Å². The highest BCUT2D eigenvalue weighted by Crippen LogP contribution is 2.32. The maximum Gasteiger partial charge on any atom is 0.435 e. The molecule has 4 rings (SSSR count). The van der Waals surface area contributed by atoms with Crippen molar-refractivity contribution >= 4 is 11.5 Å². The number of H-pyrrole nitrogens is 1. The molecule has 0 radical (unpaired) electrons. The first-order chi connectivity index (χ1) is 16.9. The zero-order valence-corrected chi connectivity index (χ0v) is 18.4. The Labute approximate surface area is 197 Å². The van der Waals surface area contributed by atoms with Gasteiger partial charge in [0.25, 0.3) is 11.4 Å². The lowest BCUT2D eigenvalue weighted by Gasteiger charge is -2.38. The molecule has 36 heavy (non-hydrogen) atoms. The molecule has 194 valence electrons. The molecule has 1 aliphatic rings. The van der Waals surface area contributed by atoms with Crippen LogP contribution < -0.4 is 15.8 Å². The Bertz CT molecular complexity index is 1240. The van der Waals surface area contributed by atoms with Crippen molar-refractivity contribution in [1.29, 1.82) is 0 Å². The summed E-state index contributed by atoms with van der Waals surface area (Å²) in [6.07, 6.45) is -8.57. The fourth-order valence-corrected chi connectivity index (χ4v) is 3.39. The minimum Gasteiger partial charge on any atom is -0.378 e. The van der Waals surface area contributed by atoms with Crippen LogP contribution in [0.25, 0.3) is 0 Å². The van der Waals surface area contributed by atoms with Gasteiger partial charge in [-0.25, -0.2) is 5.10 Å². The Balaban J connectivity index is 1.24. The fraction of sp³-hybridized carbons (Fsp3) is 0.474. The van der Waals surface area contributed by atoms with E-state index in [9.17, 15) is 31.1 Å². The first-order valence-electron chi connectivity index (χ1n) is 10.4. The fourth-order valence-electron chi connectivity index (χ4n) is 3.39. The molecule has 1 unspecified atom stereocenters. The second-order valence-corrected chi connectivity index (χ2v) is 7.97. The highest BCUT2D eigenvalue weighted by molar-refractivity contribution is 5.50. The summed E-state index contributed by atoms with van der Waals surface area (Å²) in [7, 11) is 0. The Morgan fingerprint density at radius 1 is 1.19 bits per heavy atom. The van der Waals surface area contributed by atoms with E-state index in [4.69, 9.17) is 9.26 Å². The van der Waals surface area contributed by atoms with Gasteiger partial charge in [0.15, 0.2) is 17.3 Å². The smallest absolute Gasteiger partial charge is 0.378 e. The standard InChI is InChI=1S/C19H18F6N8O3/c1-9(27-11-4-26-31-17(34)15(11)19(23,24)25)7-35-8-14-28-16(32-36-14)10-5-33(6-10)13-3-2-12(29-30-13)18(20,21)22/h2-4,9-10H,5-8H2,1H3,(H2,27,31,34). The molecule has 17 heteroatoms. The van der Waals surface area contributed by atoms with E-state index in [0.717, 1.165) is 12.3 Å². The first-order valence-corrected chi connectivity index (χ1v) is 10.4. The van der Waals surface area contributed by atoms with E-state index in [1.807, 2.05) is 0 Å². The molecule has 0 bridgehead atoms. The van der Waals surface area contributed by atoms with E-state index in [-0.39, 0.29) is 30.8 Å². The first kappa shape index (κ1) is 25.3. The van der Waals surface area contributed by atoms with Crippen LogP contribution in [-0.2, 0) is 23.7 Å². The minimum absolute atomic E-state index is 0.0500. The van der Waals surface area contributed by atoms with E-state index < -0.39 is 40.9 Å². The van der Waals surface area contributed by atoms with Crippen LogP contribution >= 0.6 is 0 Å². The van der Waals surface area contributed by atoms with E-state index in [2.05, 4.69) is 30.8 Å². The molecule has 0 spiro atoms. The average Bonchev–Trinajstić information content (AvgIpc) is 3.20. The maximum atomic E-state index is 13.1. The molecule has 4 heterocycles. The van der Waals surface area contributed by atoms with Gasteiger partial charge in [-0.1, -0.05) is 5.16 Å². The topological polar surface area (TPSA) is 135 Å². The van der Waals surface area contributed by atoms with Crippen LogP contribution in [0.3, 0.4) is 0 Å². The summed E-state index contributed by atoms with van der Waals surface area (Å²) in [6.45, 7) is 2.18. The third-order valence-electron chi connectivity index (χ3n) is 5.13. The van der Waals surface area contributed by atoms with Gasteiger partial charge in [-0.05, 0) is 19.1 Å². The summed E-state index contributed by atoms with van der Waals surface area (Å²) in [6, 6.07) is 1.46. The van der Waals surface area contributed by atoms with Gasteiger partial charge >= 0.3 is 12.4 Å². The molecule has 0 amide bonds. The zero-order valence-electron chi connectivity index (χ0n) is 18.4. The Morgan fingerprint density at radius 2 is 1.94 bits per heavy atom. The molecule has 0 aromatic carbocycles. The summed E-state index contributed by atoms with van der Waals surface area (Å²) >= 11 is 0. The van der Waals surface area contributed by atoms with Gasteiger partial charge in [0.1, 0.15) is 12.2 Å². The number of hydrogen-bond acceptors (Lipinski definition) is 10. The van der Waals surface area contributed by atoms with Crippen LogP contribution in [0.2, 0.25) is 0 Å². The number of aromatic amines is 1. The van der Waals surface area contributed by atoms with Crippen molar-refractivity contribution in [3.63, 3.8) is 0 Å². The van der Waals surface area contributed by atoms with Crippen LogP contribution in [-0.4, -0.2) is 56.3 Å². The molecule has 0 saturated carbocycles. The van der Waals surface area contributed by atoms with E-state index in [1.165, 1.54) is 6.07 Å². The molecule has 11 nitrogen and oxygen atoms in total. The largest absolute Gasteiger partial charge is 0.435 e. The van der Waals surface area contributed by atoms with Crippen molar-refractivity contribution in [3.8, 4) is 0 Å². The van der Waals surface area contributed by atoms with Crippen molar-refractivity contribution in [1.82, 2.24) is 30.5 Å². The Hall–Kier alpha value is -3.76. The lowest BCUT2D eigenvalue weighted by molar-refractivity contribution is -0.141. The molecule has 3 aromatic heterocycles. The molecule has 2 N–H and O–H groups in total. The van der Waals surface area contributed by atoms with Crippen LogP contribution in [0.5, 0.6) is 0 Å². The Kier molecular flexibility index (Phi) is 6.83. The highest BCUT2D eigenvalue weighted by atomic mass is 19.4. The predicted molar refractivity (Wildman–Crippen MR) is 109 cm³/mol. The second-order valence-electron chi connectivity index (χ2n) is 7.97. The molecular weight excluding hydrogens is 502 g/mol. The third kappa shape index (κ3) is 5.72. The number of alkyl halides is 6. The number of anilines is 2. The van der Waals surface area contributed by atoms with Crippen molar-refractivity contribution in [2.75, 3.05) is 29.9 Å². The number of rotatable bonds is 8. The summed E-state index contributed by atoms with van der Waals surface area (Å²) in [4.78, 5) is 17.4. The predicted octanol–water partition coefficient (Wildman–Crippen LogP) is 2.60. The van der Waals surface area contributed by atoms with Crippen LogP contribution in [0, 0.1) is 0 Å². The molecular formula is C19H18F6N8O3. The van der Waals surface area contributed by atoms with Crippen molar-refractivity contribution in [2.24, 2.45) is 0 Å². The number of ether oxygens (including phenoxy) is 1. The summed E-state index contributed by atoms with van der Waals surface area (Å²) in [5, 5.41) is 18.3. The zero-order chi connectivity index (χ0) is 26.1. The molecule has 3 aromatic rings. The van der Waals surface area contributed by atoms with Gasteiger partial charge in [0.2, 0.25) is 0 Å². The van der Waals surface area contributed by atoms with Crippen molar-refractivity contribution < 1.29 is 35.6 Å². The molecule has 1 fully saturated rings. The van der Waals surface area contributed by atoms with Gasteiger partial charge in [-0.2, -0.15) is 36.4 Å². The number of hydrogen-bond donors (Lipinski definition) is 2. The molecule has 1 saturated heterocycles. The molecule has 1 aliphatic heterocycles. The van der Waals surface area contributed by atoms with Gasteiger partial charge < -0.3 is 19.5 Å². The summed E-state index contributed by atoms with van der Waals surface area (Å²) in [5.74, 6) is 0.660. The quantitative estimate of drug-likeness (QED) is 0.427. The average molecular weight is 520 g/mol.